The quantitative estimate of drug-likeness (QED) is 0.338. The summed E-state index contributed by atoms with van der Waals surface area (Å²) in [5.41, 5.74) is 3.46. The molecule has 0 aliphatic rings. The highest BCUT2D eigenvalue weighted by atomic mass is 16.6. The van der Waals surface area contributed by atoms with Crippen molar-refractivity contribution in [3.05, 3.63) is 116 Å². The Hall–Kier alpha value is -4.59. The number of non-ortho nitro benzene ring substituents is 1. The molecule has 0 aliphatic carbocycles. The first-order valence-electron chi connectivity index (χ1n) is 10.6. The lowest BCUT2D eigenvalue weighted by atomic mass is 10.0. The summed E-state index contributed by atoms with van der Waals surface area (Å²) < 4.78 is 1.51. The lowest BCUT2D eigenvalue weighted by molar-refractivity contribution is -0.384. The number of carbonyl (C=O) groups is 1. The lowest BCUT2D eigenvalue weighted by Crippen LogP contribution is -2.25. The number of rotatable bonds is 5. The van der Waals surface area contributed by atoms with E-state index in [4.69, 9.17) is 0 Å². The van der Waals surface area contributed by atoms with Crippen molar-refractivity contribution in [3.8, 4) is 16.8 Å². The van der Waals surface area contributed by atoms with Crippen molar-refractivity contribution in [1.29, 1.82) is 0 Å². The molecule has 1 N–H and O–H groups in total. The van der Waals surface area contributed by atoms with Crippen LogP contribution in [0.5, 0.6) is 0 Å². The first-order chi connectivity index (χ1) is 16.2. The van der Waals surface area contributed by atoms with Gasteiger partial charge in [-0.25, -0.2) is 4.68 Å². The van der Waals surface area contributed by atoms with E-state index in [1.54, 1.807) is 6.92 Å². The number of aryl methyl sites for hydroxylation is 3. The van der Waals surface area contributed by atoms with Crippen molar-refractivity contribution in [3.63, 3.8) is 0 Å². The summed E-state index contributed by atoms with van der Waals surface area (Å²) in [6, 6.07) is 20.3. The van der Waals surface area contributed by atoms with E-state index < -0.39 is 10.8 Å². The fraction of sp³-hybridized carbons (Fsp3) is 0.115. The molecule has 0 unspecified atom stereocenters. The van der Waals surface area contributed by atoms with Crippen LogP contribution < -0.4 is 10.7 Å². The van der Waals surface area contributed by atoms with Crippen molar-refractivity contribution in [2.45, 2.75) is 20.8 Å². The molecule has 1 heterocycles. The largest absolute Gasteiger partial charge is 0.306 e. The number of nitrogens with zero attached hydrogens (tertiary/aromatic N) is 3. The number of aromatic nitrogens is 2. The predicted octanol–water partition coefficient (Wildman–Crippen LogP) is 4.99. The third-order valence-electron chi connectivity index (χ3n) is 5.42. The van der Waals surface area contributed by atoms with E-state index in [1.807, 2.05) is 62.4 Å². The molecule has 170 valence electrons. The molecule has 0 aliphatic heterocycles. The monoisotopic (exact) mass is 454 g/mol. The Labute approximate surface area is 195 Å². The molecular weight excluding hydrogens is 432 g/mol. The van der Waals surface area contributed by atoms with Crippen molar-refractivity contribution in [1.82, 2.24) is 9.78 Å². The summed E-state index contributed by atoms with van der Waals surface area (Å²) in [5, 5.41) is 18.4. The molecular formula is C26H22N4O4. The zero-order valence-electron chi connectivity index (χ0n) is 18.9. The first-order valence-corrected chi connectivity index (χ1v) is 10.6. The Morgan fingerprint density at radius 2 is 1.56 bits per heavy atom. The van der Waals surface area contributed by atoms with Crippen LogP contribution in [0.2, 0.25) is 0 Å². The van der Waals surface area contributed by atoms with Crippen LogP contribution >= 0.6 is 0 Å². The van der Waals surface area contributed by atoms with Crippen molar-refractivity contribution < 1.29 is 9.72 Å². The molecule has 34 heavy (non-hydrogen) atoms. The molecule has 0 atom stereocenters. The highest BCUT2D eigenvalue weighted by Gasteiger charge is 2.21. The van der Waals surface area contributed by atoms with Gasteiger partial charge in [-0.15, -0.1) is 0 Å². The fourth-order valence-corrected chi connectivity index (χ4v) is 3.56. The molecule has 8 heteroatoms. The van der Waals surface area contributed by atoms with Gasteiger partial charge in [-0.1, -0.05) is 53.6 Å². The number of benzene rings is 3. The first kappa shape index (κ1) is 22.6. The van der Waals surface area contributed by atoms with Crippen LogP contribution in [-0.2, 0) is 0 Å². The summed E-state index contributed by atoms with van der Waals surface area (Å²) in [5.74, 6) is -0.414. The Kier molecular flexibility index (Phi) is 6.05. The van der Waals surface area contributed by atoms with E-state index in [9.17, 15) is 19.7 Å². The standard InChI is InChI=1S/C26H22N4O4/c1-16-7-11-19(12-8-16)23-24(31)18(3)28-29(21-13-9-17(2)10-14-21)25(23)27-26(32)20-5-4-6-22(15-20)30(33)34/h4-15H,1-3H3,(H,27,32). The molecule has 8 nitrogen and oxygen atoms in total. The van der Waals surface area contributed by atoms with E-state index in [2.05, 4.69) is 10.4 Å². The van der Waals surface area contributed by atoms with E-state index >= 15 is 0 Å². The molecule has 0 spiro atoms. The van der Waals surface area contributed by atoms with Crippen LogP contribution in [0.4, 0.5) is 11.5 Å². The van der Waals surface area contributed by atoms with Gasteiger partial charge in [-0.05, 0) is 44.5 Å². The van der Waals surface area contributed by atoms with Gasteiger partial charge in [0.25, 0.3) is 11.6 Å². The second-order valence-electron chi connectivity index (χ2n) is 8.01. The second kappa shape index (κ2) is 9.11. The Morgan fingerprint density at radius 3 is 2.18 bits per heavy atom. The molecule has 0 bridgehead atoms. The van der Waals surface area contributed by atoms with Crippen LogP contribution in [0.25, 0.3) is 16.8 Å². The van der Waals surface area contributed by atoms with Gasteiger partial charge in [0, 0.05) is 17.7 Å². The van der Waals surface area contributed by atoms with E-state index in [-0.39, 0.29) is 33.8 Å². The SMILES string of the molecule is Cc1ccc(-c2c(NC(=O)c3cccc([N+](=O)[O-])c3)n(-c3ccc(C)cc3)nc(C)c2=O)cc1. The average Bonchev–Trinajstić information content (AvgIpc) is 2.83. The number of hydrogen-bond acceptors (Lipinski definition) is 5. The summed E-state index contributed by atoms with van der Waals surface area (Å²) in [6.07, 6.45) is 0. The third-order valence-corrected chi connectivity index (χ3v) is 5.42. The van der Waals surface area contributed by atoms with Crippen LogP contribution in [0, 0.1) is 30.9 Å². The van der Waals surface area contributed by atoms with Crippen LogP contribution in [0.1, 0.15) is 27.2 Å². The van der Waals surface area contributed by atoms with Gasteiger partial charge in [0.1, 0.15) is 11.5 Å². The average molecular weight is 454 g/mol. The molecule has 0 fully saturated rings. The van der Waals surface area contributed by atoms with E-state index in [0.717, 1.165) is 11.1 Å². The zero-order valence-corrected chi connectivity index (χ0v) is 18.9. The number of nitrogens with one attached hydrogen (secondary N) is 1. The maximum absolute atomic E-state index is 13.3. The van der Waals surface area contributed by atoms with Crippen molar-refractivity contribution in [2.24, 2.45) is 0 Å². The Balaban J connectivity index is 1.93. The van der Waals surface area contributed by atoms with Crippen LogP contribution in [-0.4, -0.2) is 20.6 Å². The molecule has 3 aromatic carbocycles. The summed E-state index contributed by atoms with van der Waals surface area (Å²) in [7, 11) is 0. The Bertz CT molecular complexity index is 1460. The number of carbonyl (C=O) groups excluding carboxylic acids is 1. The normalized spacial score (nSPS) is 10.7. The van der Waals surface area contributed by atoms with Crippen LogP contribution in [0.3, 0.4) is 0 Å². The van der Waals surface area contributed by atoms with Gasteiger partial charge < -0.3 is 5.32 Å². The topological polar surface area (TPSA) is 107 Å². The maximum Gasteiger partial charge on any atom is 0.270 e. The van der Waals surface area contributed by atoms with Gasteiger partial charge in [0.2, 0.25) is 5.43 Å². The van der Waals surface area contributed by atoms with Crippen LogP contribution in [0.15, 0.2) is 77.6 Å². The van der Waals surface area contributed by atoms with Gasteiger partial charge in [-0.2, -0.15) is 5.10 Å². The zero-order chi connectivity index (χ0) is 24.4. The smallest absolute Gasteiger partial charge is 0.270 e. The number of amides is 1. The number of nitro benzene ring substituents is 1. The van der Waals surface area contributed by atoms with Gasteiger partial charge in [-0.3, -0.25) is 19.7 Å². The van der Waals surface area contributed by atoms with E-state index in [1.165, 1.54) is 28.9 Å². The molecule has 4 aromatic rings. The summed E-state index contributed by atoms with van der Waals surface area (Å²) >= 11 is 0. The second-order valence-corrected chi connectivity index (χ2v) is 8.01. The fourth-order valence-electron chi connectivity index (χ4n) is 3.56. The van der Waals surface area contributed by atoms with Crippen molar-refractivity contribution in [2.75, 3.05) is 5.32 Å². The molecule has 0 saturated carbocycles. The highest BCUT2D eigenvalue weighted by Crippen LogP contribution is 2.28. The third kappa shape index (κ3) is 4.47. The minimum atomic E-state index is -0.594. The minimum Gasteiger partial charge on any atom is -0.306 e. The number of anilines is 1. The predicted molar refractivity (Wildman–Crippen MR) is 131 cm³/mol. The van der Waals surface area contributed by atoms with E-state index in [0.29, 0.717) is 11.3 Å². The summed E-state index contributed by atoms with van der Waals surface area (Å²) in [4.78, 5) is 37.0. The molecule has 0 radical (unpaired) electrons. The molecule has 1 aromatic heterocycles. The molecule has 1 amide bonds. The Morgan fingerprint density at radius 1 is 0.941 bits per heavy atom. The molecule has 0 saturated heterocycles. The minimum absolute atomic E-state index is 0.0903. The number of nitro groups is 1. The van der Waals surface area contributed by atoms with Gasteiger partial charge in [0.15, 0.2) is 0 Å². The maximum atomic E-state index is 13.3. The highest BCUT2D eigenvalue weighted by molar-refractivity contribution is 6.06. The molecule has 4 rings (SSSR count). The van der Waals surface area contributed by atoms with Gasteiger partial charge in [0.05, 0.1) is 16.2 Å². The summed E-state index contributed by atoms with van der Waals surface area (Å²) in [6.45, 7) is 5.52. The lowest BCUT2D eigenvalue weighted by Gasteiger charge is -2.18. The van der Waals surface area contributed by atoms with Crippen molar-refractivity contribution >= 4 is 17.4 Å². The number of hydrogen-bond donors (Lipinski definition) is 1. The van der Waals surface area contributed by atoms with Gasteiger partial charge >= 0.3 is 0 Å².